The summed E-state index contributed by atoms with van der Waals surface area (Å²) in [5.74, 6) is -2.76. The molecule has 0 saturated carbocycles. The summed E-state index contributed by atoms with van der Waals surface area (Å²) in [6, 6.07) is 24.3. The van der Waals surface area contributed by atoms with Crippen LogP contribution in [0.2, 0.25) is 0 Å². The van der Waals surface area contributed by atoms with E-state index in [0.717, 1.165) is 22.3 Å². The van der Waals surface area contributed by atoms with Crippen molar-refractivity contribution < 1.29 is 31.5 Å². The Balaban J connectivity index is 0.000000451. The van der Waals surface area contributed by atoms with Gasteiger partial charge in [-0.3, -0.25) is 0 Å². The zero-order valence-corrected chi connectivity index (χ0v) is 17.5. The summed E-state index contributed by atoms with van der Waals surface area (Å²) in [6.45, 7) is 0.716. The van der Waals surface area contributed by atoms with Gasteiger partial charge in [0, 0.05) is 13.1 Å². The lowest BCUT2D eigenvalue weighted by molar-refractivity contribution is -0.192. The third-order valence-electron chi connectivity index (χ3n) is 4.24. The first-order valence-corrected chi connectivity index (χ1v) is 10.7. The SMILES string of the molecule is NCc1ccc(CNS(=O)(=O)c2ccc(-c3ccccc3)cc2)cc1.O=C(O)C(F)(F)F. The van der Waals surface area contributed by atoms with Gasteiger partial charge >= 0.3 is 12.1 Å². The predicted molar refractivity (Wildman–Crippen MR) is 114 cm³/mol. The van der Waals surface area contributed by atoms with Crippen LogP contribution in [0.1, 0.15) is 11.1 Å². The molecule has 0 aliphatic rings. The maximum atomic E-state index is 12.4. The van der Waals surface area contributed by atoms with Gasteiger partial charge in [0.15, 0.2) is 0 Å². The van der Waals surface area contributed by atoms with Crippen molar-refractivity contribution >= 4 is 16.0 Å². The van der Waals surface area contributed by atoms with Crippen LogP contribution in [0.5, 0.6) is 0 Å². The van der Waals surface area contributed by atoms with Crippen molar-refractivity contribution in [3.63, 3.8) is 0 Å². The number of nitrogens with one attached hydrogen (secondary N) is 1. The standard InChI is InChI=1S/C20H20N2O2S.C2HF3O2/c21-14-16-6-8-17(9-7-16)15-22-25(23,24)20-12-10-19(11-13-20)18-4-2-1-3-5-18;3-2(4,5)1(6)7/h1-13,22H,14-15,21H2;(H,6,7). The van der Waals surface area contributed by atoms with Gasteiger partial charge in [-0.1, -0.05) is 66.7 Å². The molecule has 3 aromatic carbocycles. The van der Waals surface area contributed by atoms with Gasteiger partial charge in [-0.25, -0.2) is 17.9 Å². The largest absolute Gasteiger partial charge is 0.490 e. The van der Waals surface area contributed by atoms with Gasteiger partial charge in [0.2, 0.25) is 10.0 Å². The third kappa shape index (κ3) is 7.49. The molecule has 0 atom stereocenters. The van der Waals surface area contributed by atoms with Crippen molar-refractivity contribution in [1.29, 1.82) is 0 Å². The molecule has 0 aromatic heterocycles. The zero-order valence-electron chi connectivity index (χ0n) is 16.7. The molecule has 0 aliphatic heterocycles. The molecular weight excluding hydrogens is 445 g/mol. The minimum Gasteiger partial charge on any atom is -0.475 e. The molecule has 170 valence electrons. The number of hydrogen-bond acceptors (Lipinski definition) is 4. The molecule has 0 radical (unpaired) electrons. The molecule has 6 nitrogen and oxygen atoms in total. The summed E-state index contributed by atoms with van der Waals surface area (Å²) in [5.41, 5.74) is 9.51. The molecule has 0 bridgehead atoms. The molecule has 0 saturated heterocycles. The molecule has 0 fully saturated rings. The van der Waals surface area contributed by atoms with E-state index in [2.05, 4.69) is 4.72 Å². The van der Waals surface area contributed by atoms with Crippen LogP contribution in [0.15, 0.2) is 83.8 Å². The average Bonchev–Trinajstić information content (AvgIpc) is 2.78. The number of hydrogen-bond donors (Lipinski definition) is 3. The molecule has 0 heterocycles. The monoisotopic (exact) mass is 466 g/mol. The Morgan fingerprint density at radius 1 is 0.844 bits per heavy atom. The Hall–Kier alpha value is -3.21. The second kappa shape index (κ2) is 10.9. The predicted octanol–water partition coefficient (Wildman–Crippen LogP) is 3.92. The van der Waals surface area contributed by atoms with Crippen LogP contribution in [0.4, 0.5) is 13.2 Å². The number of rotatable bonds is 6. The van der Waals surface area contributed by atoms with Gasteiger partial charge in [0.25, 0.3) is 0 Å². The van der Waals surface area contributed by atoms with E-state index in [9.17, 15) is 21.6 Å². The lowest BCUT2D eigenvalue weighted by Gasteiger charge is -2.08. The van der Waals surface area contributed by atoms with Crippen molar-refractivity contribution in [3.8, 4) is 11.1 Å². The highest BCUT2D eigenvalue weighted by molar-refractivity contribution is 7.89. The minimum absolute atomic E-state index is 0.244. The molecule has 3 aromatic rings. The number of benzene rings is 3. The topological polar surface area (TPSA) is 109 Å². The Kier molecular flexibility index (Phi) is 8.53. The van der Waals surface area contributed by atoms with E-state index in [1.807, 2.05) is 66.7 Å². The van der Waals surface area contributed by atoms with Crippen LogP contribution < -0.4 is 10.5 Å². The summed E-state index contributed by atoms with van der Waals surface area (Å²) >= 11 is 0. The molecule has 4 N–H and O–H groups in total. The number of sulfonamides is 1. The van der Waals surface area contributed by atoms with Crippen LogP contribution in [-0.4, -0.2) is 25.7 Å². The zero-order chi connectivity index (χ0) is 23.8. The van der Waals surface area contributed by atoms with E-state index in [1.54, 1.807) is 12.1 Å². The van der Waals surface area contributed by atoms with Crippen LogP contribution in [0, 0.1) is 0 Å². The Bertz CT molecular complexity index is 1120. The summed E-state index contributed by atoms with van der Waals surface area (Å²) in [7, 11) is -3.55. The molecule has 10 heteroatoms. The van der Waals surface area contributed by atoms with Gasteiger partial charge < -0.3 is 10.8 Å². The van der Waals surface area contributed by atoms with E-state index in [-0.39, 0.29) is 11.4 Å². The lowest BCUT2D eigenvalue weighted by atomic mass is 10.1. The minimum atomic E-state index is -5.08. The Labute approximate surface area is 183 Å². The molecule has 0 aliphatic carbocycles. The second-order valence-electron chi connectivity index (χ2n) is 6.54. The molecule has 32 heavy (non-hydrogen) atoms. The van der Waals surface area contributed by atoms with E-state index in [0.29, 0.717) is 6.54 Å². The third-order valence-corrected chi connectivity index (χ3v) is 5.66. The first-order valence-electron chi connectivity index (χ1n) is 9.26. The van der Waals surface area contributed by atoms with Gasteiger partial charge in [-0.05, 0) is 34.4 Å². The van der Waals surface area contributed by atoms with E-state index >= 15 is 0 Å². The first kappa shape index (κ1) is 25.1. The molecule has 0 spiro atoms. The van der Waals surface area contributed by atoms with Crippen molar-refractivity contribution in [2.24, 2.45) is 5.73 Å². The van der Waals surface area contributed by atoms with Crippen LogP contribution >= 0.6 is 0 Å². The van der Waals surface area contributed by atoms with Gasteiger partial charge in [-0.15, -0.1) is 0 Å². The number of alkyl halides is 3. The first-order chi connectivity index (χ1) is 15.0. The lowest BCUT2D eigenvalue weighted by Crippen LogP contribution is -2.23. The second-order valence-corrected chi connectivity index (χ2v) is 8.31. The molecule has 0 unspecified atom stereocenters. The van der Waals surface area contributed by atoms with Crippen LogP contribution in [0.3, 0.4) is 0 Å². The highest BCUT2D eigenvalue weighted by atomic mass is 32.2. The van der Waals surface area contributed by atoms with Gasteiger partial charge in [0.05, 0.1) is 4.90 Å². The molecular formula is C22H21F3N2O4S. The van der Waals surface area contributed by atoms with Crippen LogP contribution in [-0.2, 0) is 27.9 Å². The smallest absolute Gasteiger partial charge is 0.475 e. The highest BCUT2D eigenvalue weighted by Gasteiger charge is 2.38. The summed E-state index contributed by atoms with van der Waals surface area (Å²) in [5, 5.41) is 7.12. The normalized spacial score (nSPS) is 11.4. The summed E-state index contributed by atoms with van der Waals surface area (Å²) < 4.78 is 59.3. The van der Waals surface area contributed by atoms with Crippen molar-refractivity contribution in [2.45, 2.75) is 24.2 Å². The maximum Gasteiger partial charge on any atom is 0.490 e. The van der Waals surface area contributed by atoms with Crippen LogP contribution in [0.25, 0.3) is 11.1 Å². The summed E-state index contributed by atoms with van der Waals surface area (Å²) in [4.78, 5) is 9.15. The van der Waals surface area contributed by atoms with Crippen molar-refractivity contribution in [1.82, 2.24) is 4.72 Å². The Morgan fingerprint density at radius 2 is 1.31 bits per heavy atom. The number of aliphatic carboxylic acids is 1. The maximum absolute atomic E-state index is 12.4. The van der Waals surface area contributed by atoms with E-state index in [1.165, 1.54) is 0 Å². The fourth-order valence-electron chi connectivity index (χ4n) is 2.51. The molecule has 0 amide bonds. The molecule has 3 rings (SSSR count). The number of carboxylic acid groups (broad SMARTS) is 1. The fraction of sp³-hybridized carbons (Fsp3) is 0.136. The van der Waals surface area contributed by atoms with Crippen molar-refractivity contribution in [2.75, 3.05) is 0 Å². The number of halogens is 3. The fourth-order valence-corrected chi connectivity index (χ4v) is 3.53. The average molecular weight is 466 g/mol. The van der Waals surface area contributed by atoms with Crippen molar-refractivity contribution in [3.05, 3.63) is 90.0 Å². The van der Waals surface area contributed by atoms with Gasteiger partial charge in [0.1, 0.15) is 0 Å². The summed E-state index contributed by atoms with van der Waals surface area (Å²) in [6.07, 6.45) is -5.08. The van der Waals surface area contributed by atoms with E-state index < -0.39 is 22.2 Å². The number of carbonyl (C=O) groups is 1. The Morgan fingerprint density at radius 3 is 1.78 bits per heavy atom. The quantitative estimate of drug-likeness (QED) is 0.510. The van der Waals surface area contributed by atoms with E-state index in [4.69, 9.17) is 15.6 Å². The highest BCUT2D eigenvalue weighted by Crippen LogP contribution is 2.21. The van der Waals surface area contributed by atoms with Gasteiger partial charge in [-0.2, -0.15) is 13.2 Å². The number of carboxylic acids is 1. The number of nitrogens with two attached hydrogens (primary N) is 1.